The first-order valence-corrected chi connectivity index (χ1v) is 8.14. The molecule has 1 heterocycles. The van der Waals surface area contributed by atoms with Gasteiger partial charge in [-0.05, 0) is 17.7 Å². The Morgan fingerprint density at radius 1 is 1.12 bits per heavy atom. The Morgan fingerprint density at radius 3 is 2.46 bits per heavy atom. The number of nitro benzene ring substituents is 1. The Hall–Kier alpha value is -2.90. The number of benzene rings is 2. The number of imide groups is 1. The zero-order chi connectivity index (χ0) is 18.8. The Kier molecular flexibility index (Phi) is 4.92. The van der Waals surface area contributed by atoms with Crippen molar-refractivity contribution in [3.05, 3.63) is 79.4 Å². The first-order valence-electron chi connectivity index (χ1n) is 7.38. The SMILES string of the molecule is O=C1N/C(=C\c2cc([N+](=O)[O-])c(Cl)cc2Cl)C(=O)N1Cc1ccccc1. The molecule has 1 aliphatic rings. The third-order valence-electron chi connectivity index (χ3n) is 3.71. The fourth-order valence-corrected chi connectivity index (χ4v) is 2.95. The molecule has 0 atom stereocenters. The minimum Gasteiger partial charge on any atom is -0.303 e. The molecular weight excluding hydrogens is 381 g/mol. The number of hydrogen-bond acceptors (Lipinski definition) is 4. The van der Waals surface area contributed by atoms with E-state index in [9.17, 15) is 19.7 Å². The summed E-state index contributed by atoms with van der Waals surface area (Å²) < 4.78 is 0. The number of nitrogens with one attached hydrogen (secondary N) is 1. The topological polar surface area (TPSA) is 92.5 Å². The average molecular weight is 392 g/mol. The lowest BCUT2D eigenvalue weighted by Gasteiger charge is -2.11. The van der Waals surface area contributed by atoms with E-state index in [2.05, 4.69) is 5.32 Å². The number of carbonyl (C=O) groups is 2. The lowest BCUT2D eigenvalue weighted by molar-refractivity contribution is -0.384. The fourth-order valence-electron chi connectivity index (χ4n) is 2.44. The van der Waals surface area contributed by atoms with Gasteiger partial charge < -0.3 is 5.32 Å². The molecule has 1 N–H and O–H groups in total. The van der Waals surface area contributed by atoms with E-state index in [1.807, 2.05) is 6.07 Å². The van der Waals surface area contributed by atoms with Crippen LogP contribution in [0.3, 0.4) is 0 Å². The highest BCUT2D eigenvalue weighted by atomic mass is 35.5. The molecule has 1 aliphatic heterocycles. The molecule has 2 aromatic carbocycles. The largest absolute Gasteiger partial charge is 0.329 e. The van der Waals surface area contributed by atoms with E-state index in [0.29, 0.717) is 0 Å². The summed E-state index contributed by atoms with van der Waals surface area (Å²) in [6.45, 7) is 0.108. The Bertz CT molecular complexity index is 945. The van der Waals surface area contributed by atoms with E-state index >= 15 is 0 Å². The van der Waals surface area contributed by atoms with E-state index in [-0.39, 0.29) is 33.5 Å². The first kappa shape index (κ1) is 17.9. The van der Waals surface area contributed by atoms with Gasteiger partial charge in [-0.3, -0.25) is 19.8 Å². The highest BCUT2D eigenvalue weighted by molar-refractivity contribution is 6.37. The lowest BCUT2D eigenvalue weighted by atomic mass is 10.1. The fraction of sp³-hybridized carbons (Fsp3) is 0.0588. The Labute approximate surface area is 158 Å². The standard InChI is InChI=1S/C17H11Cl2N3O4/c18-12-8-13(19)15(22(25)26)7-11(12)6-14-16(23)21(17(24)20-14)9-10-4-2-1-3-5-10/h1-8H,9H2,(H,20,24)/b14-6-. The van der Waals surface area contributed by atoms with E-state index in [4.69, 9.17) is 23.2 Å². The molecule has 0 aliphatic carbocycles. The predicted octanol–water partition coefficient (Wildman–Crippen LogP) is 3.99. The number of nitro groups is 1. The van der Waals surface area contributed by atoms with Crippen molar-refractivity contribution in [3.8, 4) is 0 Å². The van der Waals surface area contributed by atoms with Crippen LogP contribution in [0.4, 0.5) is 10.5 Å². The van der Waals surface area contributed by atoms with Crippen molar-refractivity contribution in [1.82, 2.24) is 10.2 Å². The van der Waals surface area contributed by atoms with Crippen molar-refractivity contribution in [3.63, 3.8) is 0 Å². The molecule has 2 aromatic rings. The van der Waals surface area contributed by atoms with Crippen LogP contribution in [0.1, 0.15) is 11.1 Å². The van der Waals surface area contributed by atoms with Crippen LogP contribution in [0.2, 0.25) is 10.0 Å². The smallest absolute Gasteiger partial charge is 0.303 e. The molecule has 0 unspecified atom stereocenters. The molecule has 3 amide bonds. The summed E-state index contributed by atoms with van der Waals surface area (Å²) in [5, 5.41) is 13.5. The van der Waals surface area contributed by atoms with Crippen LogP contribution in [0.5, 0.6) is 0 Å². The van der Waals surface area contributed by atoms with Crippen molar-refractivity contribution >= 4 is 46.9 Å². The van der Waals surface area contributed by atoms with Gasteiger partial charge in [0.1, 0.15) is 10.7 Å². The zero-order valence-electron chi connectivity index (χ0n) is 13.1. The zero-order valence-corrected chi connectivity index (χ0v) is 14.6. The minimum atomic E-state index is -0.655. The van der Waals surface area contributed by atoms with Crippen molar-refractivity contribution in [2.24, 2.45) is 0 Å². The molecular formula is C17H11Cl2N3O4. The lowest BCUT2D eigenvalue weighted by Crippen LogP contribution is -2.30. The number of amides is 3. The van der Waals surface area contributed by atoms with Gasteiger partial charge >= 0.3 is 6.03 Å². The summed E-state index contributed by atoms with van der Waals surface area (Å²) in [6.07, 6.45) is 1.29. The van der Waals surface area contributed by atoms with Crippen molar-refractivity contribution < 1.29 is 14.5 Å². The maximum absolute atomic E-state index is 12.5. The number of carbonyl (C=O) groups excluding carboxylic acids is 2. The second-order valence-corrected chi connectivity index (χ2v) is 6.26. The summed E-state index contributed by atoms with van der Waals surface area (Å²) in [4.78, 5) is 36.0. The number of hydrogen-bond donors (Lipinski definition) is 1. The molecule has 26 heavy (non-hydrogen) atoms. The summed E-state index contributed by atoms with van der Waals surface area (Å²) >= 11 is 11.8. The van der Waals surface area contributed by atoms with Gasteiger partial charge in [-0.25, -0.2) is 4.79 Å². The number of urea groups is 1. The van der Waals surface area contributed by atoms with Gasteiger partial charge in [0.25, 0.3) is 11.6 Å². The van der Waals surface area contributed by atoms with Crippen LogP contribution < -0.4 is 5.32 Å². The summed E-state index contributed by atoms with van der Waals surface area (Å²) in [5.41, 5.74) is 0.621. The maximum Gasteiger partial charge on any atom is 0.329 e. The highest BCUT2D eigenvalue weighted by Crippen LogP contribution is 2.32. The third kappa shape index (κ3) is 3.54. The van der Waals surface area contributed by atoms with Gasteiger partial charge in [0, 0.05) is 16.7 Å². The molecule has 0 bridgehead atoms. The van der Waals surface area contributed by atoms with Gasteiger partial charge in [-0.15, -0.1) is 0 Å². The van der Waals surface area contributed by atoms with Crippen LogP contribution in [0.25, 0.3) is 6.08 Å². The summed E-state index contributed by atoms with van der Waals surface area (Å²) in [7, 11) is 0. The van der Waals surface area contributed by atoms with E-state index in [0.717, 1.165) is 16.5 Å². The predicted molar refractivity (Wildman–Crippen MR) is 96.6 cm³/mol. The molecule has 132 valence electrons. The monoisotopic (exact) mass is 391 g/mol. The van der Waals surface area contributed by atoms with Gasteiger partial charge in [0.05, 0.1) is 11.5 Å². The highest BCUT2D eigenvalue weighted by Gasteiger charge is 2.33. The Balaban J connectivity index is 1.91. The molecule has 7 nitrogen and oxygen atoms in total. The molecule has 3 rings (SSSR count). The van der Waals surface area contributed by atoms with Crippen molar-refractivity contribution in [2.75, 3.05) is 0 Å². The third-order valence-corrected chi connectivity index (χ3v) is 4.34. The maximum atomic E-state index is 12.5. The van der Waals surface area contributed by atoms with Crippen LogP contribution in [0, 0.1) is 10.1 Å². The van der Waals surface area contributed by atoms with Crippen LogP contribution in [0.15, 0.2) is 48.2 Å². The number of rotatable bonds is 4. The second kappa shape index (κ2) is 7.15. The van der Waals surface area contributed by atoms with E-state index in [1.54, 1.807) is 24.3 Å². The quantitative estimate of drug-likeness (QED) is 0.369. The molecule has 9 heteroatoms. The Morgan fingerprint density at radius 2 is 1.81 bits per heavy atom. The van der Waals surface area contributed by atoms with Gasteiger partial charge in [0.2, 0.25) is 0 Å². The molecule has 1 fully saturated rings. The molecule has 0 spiro atoms. The number of halogens is 2. The van der Waals surface area contributed by atoms with Crippen LogP contribution >= 0.6 is 23.2 Å². The minimum absolute atomic E-state index is 0.0237. The van der Waals surface area contributed by atoms with Crippen molar-refractivity contribution in [2.45, 2.75) is 6.54 Å². The summed E-state index contributed by atoms with van der Waals surface area (Å²) in [6, 6.07) is 10.8. The van der Waals surface area contributed by atoms with Crippen LogP contribution in [-0.4, -0.2) is 21.8 Å². The molecule has 0 aromatic heterocycles. The molecule has 0 radical (unpaired) electrons. The normalized spacial score (nSPS) is 15.5. The van der Waals surface area contributed by atoms with Gasteiger partial charge in [0.15, 0.2) is 0 Å². The molecule has 1 saturated heterocycles. The van der Waals surface area contributed by atoms with Gasteiger partial charge in [-0.2, -0.15) is 0 Å². The molecule has 0 saturated carbocycles. The first-order chi connectivity index (χ1) is 12.4. The van der Waals surface area contributed by atoms with E-state index < -0.39 is 16.9 Å². The van der Waals surface area contributed by atoms with E-state index in [1.165, 1.54) is 12.1 Å². The van der Waals surface area contributed by atoms with Crippen molar-refractivity contribution in [1.29, 1.82) is 0 Å². The number of nitrogens with zero attached hydrogens (tertiary/aromatic N) is 2. The second-order valence-electron chi connectivity index (χ2n) is 5.45. The summed E-state index contributed by atoms with van der Waals surface area (Å²) in [5.74, 6) is -0.549. The van der Waals surface area contributed by atoms with Crippen LogP contribution in [-0.2, 0) is 11.3 Å². The average Bonchev–Trinajstić information content (AvgIpc) is 2.85. The van der Waals surface area contributed by atoms with Gasteiger partial charge in [-0.1, -0.05) is 53.5 Å².